The van der Waals surface area contributed by atoms with E-state index in [-0.39, 0.29) is 33.6 Å². The first-order chi connectivity index (χ1) is 12.4. The van der Waals surface area contributed by atoms with Crippen molar-refractivity contribution in [1.82, 2.24) is 0 Å². The molecular formula is C19H20Co2O6. The fourth-order valence-electron chi connectivity index (χ4n) is 1.59. The molecule has 0 spiro atoms. The molecule has 0 atom stereocenters. The summed E-state index contributed by atoms with van der Waals surface area (Å²) >= 11 is 0. The van der Waals surface area contributed by atoms with Crippen molar-refractivity contribution in [3.63, 3.8) is 0 Å². The molecule has 0 amide bonds. The first kappa shape index (κ1) is 50.1. The average Bonchev–Trinajstić information content (AvgIpc) is 2.77. The molecule has 0 N–H and O–H groups in total. The van der Waals surface area contributed by atoms with Crippen LogP contribution in [-0.2, 0) is 61.5 Å². The van der Waals surface area contributed by atoms with Gasteiger partial charge in [-0.25, -0.2) is 0 Å². The number of hydrogen-bond donors (Lipinski definition) is 0. The SMILES string of the molecule is CCCCCC#CC1=CCCCC1.[C-]#[O+].[C-]#[O+].[C-]#[O+].[C-]#[O+].[C-]#[O+].[C-]#[O+].[Co].[Co]. The fourth-order valence-corrected chi connectivity index (χ4v) is 1.59. The number of hydrogen-bond acceptors (Lipinski definition) is 0. The summed E-state index contributed by atoms with van der Waals surface area (Å²) in [6, 6.07) is 0. The van der Waals surface area contributed by atoms with Crippen LogP contribution in [0.2, 0.25) is 0 Å². The molecular weight excluding hydrogens is 442 g/mol. The summed E-state index contributed by atoms with van der Waals surface area (Å²) in [5.74, 6) is 6.56. The van der Waals surface area contributed by atoms with Crippen LogP contribution in [0.4, 0.5) is 0 Å². The molecule has 0 fully saturated rings. The van der Waals surface area contributed by atoms with Gasteiger partial charge in [0.1, 0.15) is 0 Å². The van der Waals surface area contributed by atoms with E-state index in [1.54, 1.807) is 0 Å². The van der Waals surface area contributed by atoms with E-state index in [2.05, 4.69) is 64.7 Å². The molecule has 0 aromatic heterocycles. The Hall–Kier alpha value is -1.25. The normalized spacial score (nSPS) is 8.11. The maximum absolute atomic E-state index is 7.50. The van der Waals surface area contributed by atoms with E-state index < -0.39 is 0 Å². The molecule has 27 heavy (non-hydrogen) atoms. The van der Waals surface area contributed by atoms with E-state index in [0.29, 0.717) is 0 Å². The van der Waals surface area contributed by atoms with Crippen LogP contribution in [0.1, 0.15) is 58.3 Å². The summed E-state index contributed by atoms with van der Waals surface area (Å²) in [4.78, 5) is 0. The third kappa shape index (κ3) is 67.8. The Balaban J connectivity index is -0.0000000370. The van der Waals surface area contributed by atoms with Crippen LogP contribution in [0.5, 0.6) is 0 Å². The minimum Gasteiger partial charge on any atom is 0 e. The molecule has 1 aliphatic rings. The summed E-state index contributed by atoms with van der Waals surface area (Å²) in [6.07, 6.45) is 12.5. The van der Waals surface area contributed by atoms with Crippen molar-refractivity contribution in [2.45, 2.75) is 58.3 Å². The van der Waals surface area contributed by atoms with Crippen LogP contribution in [0.25, 0.3) is 0 Å². The molecule has 0 heterocycles. The second-order valence-electron chi connectivity index (χ2n) is 3.73. The van der Waals surface area contributed by atoms with Gasteiger partial charge in [-0.3, -0.25) is 0 Å². The van der Waals surface area contributed by atoms with Gasteiger partial charge in [0.2, 0.25) is 0 Å². The zero-order chi connectivity index (χ0) is 21.4. The summed E-state index contributed by atoms with van der Waals surface area (Å²) in [5.41, 5.74) is 1.39. The molecule has 0 saturated carbocycles. The van der Waals surface area contributed by atoms with Gasteiger partial charge in [-0.1, -0.05) is 37.7 Å². The quantitative estimate of drug-likeness (QED) is 0.262. The third-order valence-electron chi connectivity index (χ3n) is 2.45. The first-order valence-electron chi connectivity index (χ1n) is 6.84. The summed E-state index contributed by atoms with van der Waals surface area (Å²) in [6.45, 7) is 29.2. The molecule has 0 aliphatic heterocycles. The largest absolute Gasteiger partial charge is 0 e. The Morgan fingerprint density at radius 1 is 0.778 bits per heavy atom. The summed E-state index contributed by atoms with van der Waals surface area (Å²) in [5, 5.41) is 0. The van der Waals surface area contributed by atoms with E-state index >= 15 is 0 Å². The maximum atomic E-state index is 7.50. The zero-order valence-electron chi connectivity index (χ0n) is 14.9. The van der Waals surface area contributed by atoms with Gasteiger partial charge in [-0.05, 0) is 37.7 Å². The van der Waals surface area contributed by atoms with Crippen molar-refractivity contribution in [3.05, 3.63) is 51.6 Å². The topological polar surface area (TPSA) is 119 Å². The van der Waals surface area contributed by atoms with Gasteiger partial charge in [0.15, 0.2) is 0 Å². The average molecular weight is 462 g/mol. The van der Waals surface area contributed by atoms with Crippen molar-refractivity contribution in [1.29, 1.82) is 0 Å². The van der Waals surface area contributed by atoms with Gasteiger partial charge in [-0.15, -0.1) is 0 Å². The Labute approximate surface area is 183 Å². The van der Waals surface area contributed by atoms with Gasteiger partial charge in [0, 0.05) is 40.0 Å². The van der Waals surface area contributed by atoms with Crippen LogP contribution in [-0.4, -0.2) is 0 Å². The van der Waals surface area contributed by atoms with Crippen LogP contribution in [0, 0.1) is 51.7 Å². The van der Waals surface area contributed by atoms with E-state index in [9.17, 15) is 0 Å². The van der Waals surface area contributed by atoms with Crippen molar-refractivity contribution in [3.8, 4) is 11.8 Å². The minimum absolute atomic E-state index is 0. The van der Waals surface area contributed by atoms with Crippen molar-refractivity contribution in [2.24, 2.45) is 0 Å². The Morgan fingerprint density at radius 2 is 1.22 bits per heavy atom. The Morgan fingerprint density at radius 3 is 1.56 bits per heavy atom. The first-order valence-corrected chi connectivity index (χ1v) is 6.84. The second-order valence-corrected chi connectivity index (χ2v) is 3.73. The molecule has 150 valence electrons. The fraction of sp³-hybridized carbons (Fsp3) is 0.474. The van der Waals surface area contributed by atoms with Crippen LogP contribution >= 0.6 is 0 Å². The predicted molar refractivity (Wildman–Crippen MR) is 82.0 cm³/mol. The van der Waals surface area contributed by atoms with Crippen molar-refractivity contribution >= 4 is 0 Å². The molecule has 0 unspecified atom stereocenters. The Kier molecular flexibility index (Phi) is 159. The van der Waals surface area contributed by atoms with E-state index in [1.165, 1.54) is 50.5 Å². The van der Waals surface area contributed by atoms with Gasteiger partial charge < -0.3 is 0 Å². The van der Waals surface area contributed by atoms with Gasteiger partial charge in [-0.2, -0.15) is 0 Å². The third-order valence-corrected chi connectivity index (χ3v) is 2.45. The molecule has 1 rings (SSSR count). The standard InChI is InChI=1S/C13H20.6CO.2Co/c1-2-3-4-5-7-10-13-11-8-6-9-12-13;6*1-2;;/h11H,2-6,8-9,12H2,1H3;;;;;;;;. The molecule has 0 saturated heterocycles. The van der Waals surface area contributed by atoms with Crippen LogP contribution in [0.3, 0.4) is 0 Å². The van der Waals surface area contributed by atoms with Gasteiger partial charge in [0.05, 0.1) is 0 Å². The van der Waals surface area contributed by atoms with Gasteiger partial charge in [0.25, 0.3) is 0 Å². The van der Waals surface area contributed by atoms with Gasteiger partial charge >= 0.3 is 67.8 Å². The van der Waals surface area contributed by atoms with Crippen LogP contribution < -0.4 is 0 Å². The zero-order valence-corrected chi connectivity index (χ0v) is 16.9. The van der Waals surface area contributed by atoms with Crippen molar-refractivity contribution in [2.75, 3.05) is 0 Å². The second kappa shape index (κ2) is 85.9. The molecule has 6 nitrogen and oxygen atoms in total. The number of allylic oxidation sites excluding steroid dienone is 2. The number of rotatable bonds is 3. The minimum atomic E-state index is 0. The van der Waals surface area contributed by atoms with E-state index in [4.69, 9.17) is 27.9 Å². The molecule has 0 aromatic carbocycles. The molecule has 8 heteroatoms. The Bertz CT molecular complexity index is 401. The molecule has 0 bridgehead atoms. The molecule has 2 radical (unpaired) electrons. The van der Waals surface area contributed by atoms with Crippen molar-refractivity contribution < 1.29 is 61.5 Å². The predicted octanol–water partition coefficient (Wildman–Crippen LogP) is 3.84. The maximum Gasteiger partial charge on any atom is 0 e. The van der Waals surface area contributed by atoms with E-state index in [1.807, 2.05) is 0 Å². The summed E-state index contributed by atoms with van der Waals surface area (Å²) < 4.78 is 45.0. The monoisotopic (exact) mass is 462 g/mol. The number of unbranched alkanes of at least 4 members (excludes halogenated alkanes) is 3. The van der Waals surface area contributed by atoms with Crippen LogP contribution in [0.15, 0.2) is 11.6 Å². The summed E-state index contributed by atoms with van der Waals surface area (Å²) in [7, 11) is 0. The van der Waals surface area contributed by atoms with E-state index in [0.717, 1.165) is 6.42 Å². The smallest absolute Gasteiger partial charge is 0 e. The molecule has 0 aromatic rings. The molecule has 1 aliphatic carbocycles.